The number of hydrogen-bond acceptors (Lipinski definition) is 10. The summed E-state index contributed by atoms with van der Waals surface area (Å²) in [5.41, 5.74) is 3.24. The van der Waals surface area contributed by atoms with Gasteiger partial charge < -0.3 is 28.4 Å². The molecule has 12 heteroatoms. The average Bonchev–Trinajstić information content (AvgIpc) is 3.42. The zero-order chi connectivity index (χ0) is 36.5. The smallest absolute Gasteiger partial charge is 0.338 e. The fourth-order valence-electron chi connectivity index (χ4n) is 5.80. The molecule has 1 aliphatic heterocycles. The number of allylic oxidation sites excluding steroid dienone is 2. The van der Waals surface area contributed by atoms with Gasteiger partial charge >= 0.3 is 5.97 Å². The first-order valence-corrected chi connectivity index (χ1v) is 17.7. The summed E-state index contributed by atoms with van der Waals surface area (Å²) in [7, 11) is 3.06. The van der Waals surface area contributed by atoms with Crippen LogP contribution < -0.4 is 33.8 Å². The highest BCUT2D eigenvalue weighted by Crippen LogP contribution is 2.41. The highest BCUT2D eigenvalue weighted by atomic mass is 35.5. The molecule has 0 aliphatic carbocycles. The Morgan fingerprint density at radius 1 is 0.980 bits per heavy atom. The molecule has 0 spiro atoms. The van der Waals surface area contributed by atoms with E-state index in [1.54, 1.807) is 38.3 Å². The summed E-state index contributed by atoms with van der Waals surface area (Å²) in [6.45, 7) is 10.6. The Morgan fingerprint density at radius 2 is 1.76 bits per heavy atom. The number of para-hydroxylation sites is 1. The van der Waals surface area contributed by atoms with Gasteiger partial charge in [-0.05, 0) is 63.1 Å². The second-order valence-electron chi connectivity index (χ2n) is 11.3. The number of rotatable bonds is 16. The van der Waals surface area contributed by atoms with E-state index in [0.717, 1.165) is 11.1 Å². The molecule has 1 aromatic heterocycles. The number of benzene rings is 3. The number of methoxy groups -OCH3 is 2. The minimum absolute atomic E-state index is 0.0347. The van der Waals surface area contributed by atoms with E-state index in [1.165, 1.54) is 23.0 Å². The number of fused-ring (bicyclic) bond motifs is 1. The van der Waals surface area contributed by atoms with Gasteiger partial charge in [0.15, 0.2) is 27.8 Å². The van der Waals surface area contributed by atoms with Crippen molar-refractivity contribution in [2.24, 2.45) is 4.99 Å². The van der Waals surface area contributed by atoms with Crippen LogP contribution in [-0.4, -0.2) is 51.2 Å². The summed E-state index contributed by atoms with van der Waals surface area (Å²) in [4.78, 5) is 33.3. The van der Waals surface area contributed by atoms with Gasteiger partial charge in [0.2, 0.25) is 0 Å². The monoisotopic (exact) mass is 732 g/mol. The summed E-state index contributed by atoms with van der Waals surface area (Å²) in [6, 6.07) is 15.7. The minimum Gasteiger partial charge on any atom is -0.493 e. The van der Waals surface area contributed by atoms with Crippen LogP contribution in [0.2, 0.25) is 5.02 Å². The van der Waals surface area contributed by atoms with Gasteiger partial charge in [0.25, 0.3) is 5.56 Å². The molecule has 0 saturated carbocycles. The van der Waals surface area contributed by atoms with Crippen LogP contribution in [0.15, 0.2) is 88.3 Å². The van der Waals surface area contributed by atoms with E-state index in [0.29, 0.717) is 73.8 Å². The van der Waals surface area contributed by atoms with Crippen molar-refractivity contribution in [1.29, 1.82) is 0 Å². The average molecular weight is 733 g/mol. The van der Waals surface area contributed by atoms with Crippen molar-refractivity contribution in [3.8, 4) is 23.0 Å². The van der Waals surface area contributed by atoms with Crippen molar-refractivity contribution in [1.82, 2.24) is 4.57 Å². The van der Waals surface area contributed by atoms with Crippen molar-refractivity contribution in [2.45, 2.75) is 39.8 Å². The number of carbonyl (C=O) groups is 1. The Morgan fingerprint density at radius 3 is 2.47 bits per heavy atom. The first-order chi connectivity index (χ1) is 24.8. The molecule has 4 aromatic rings. The van der Waals surface area contributed by atoms with Gasteiger partial charge in [-0.1, -0.05) is 59.3 Å². The Hall–Kier alpha value is -4.84. The van der Waals surface area contributed by atoms with E-state index in [1.807, 2.05) is 56.3 Å². The molecule has 0 N–H and O–H groups in total. The lowest BCUT2D eigenvalue weighted by Crippen LogP contribution is -2.40. The van der Waals surface area contributed by atoms with Gasteiger partial charge in [-0.15, -0.1) is 6.58 Å². The predicted octanol–water partition coefficient (Wildman–Crippen LogP) is 6.19. The number of ether oxygens (including phenoxy) is 6. The van der Waals surface area contributed by atoms with E-state index >= 15 is 0 Å². The van der Waals surface area contributed by atoms with Crippen LogP contribution in [-0.2, 0) is 27.3 Å². The zero-order valence-electron chi connectivity index (χ0n) is 29.3. The Kier molecular flexibility index (Phi) is 12.8. The standard InChI is InChI=1S/C39H41ClN2O8S/c1-7-13-26-20-25(21-31(47-8-2)35(26)50-23-27-14-10-11-16-29(27)40)22-32-37(43)42-34(28-15-12-17-30(46-6)36(28)48-9-3)33(24(4)41-39(42)51-32)38(44)49-19-18-45-5/h7,10-12,14-17,20-22,34H,1,8-9,13,18-19,23H2,2-6H3/b32-22+/t34-/m1/s1. The molecule has 3 aromatic carbocycles. The van der Waals surface area contributed by atoms with Crippen molar-refractivity contribution >= 4 is 35.0 Å². The van der Waals surface area contributed by atoms with Gasteiger partial charge in [-0.3, -0.25) is 9.36 Å². The molecule has 0 radical (unpaired) electrons. The van der Waals surface area contributed by atoms with E-state index in [9.17, 15) is 9.59 Å². The fraction of sp³-hybridized carbons (Fsp3) is 0.308. The quantitative estimate of drug-likeness (QED) is 0.0763. The third-order valence-electron chi connectivity index (χ3n) is 8.02. The largest absolute Gasteiger partial charge is 0.493 e. The molecule has 1 atom stereocenters. The molecular weight excluding hydrogens is 692 g/mol. The highest BCUT2D eigenvalue weighted by molar-refractivity contribution is 7.07. The highest BCUT2D eigenvalue weighted by Gasteiger charge is 2.36. The fourth-order valence-corrected chi connectivity index (χ4v) is 7.03. The summed E-state index contributed by atoms with van der Waals surface area (Å²) in [6.07, 6.45) is 4.06. The third kappa shape index (κ3) is 8.22. The Bertz CT molecular complexity index is 2120. The van der Waals surface area contributed by atoms with Gasteiger partial charge in [0.05, 0.1) is 42.7 Å². The van der Waals surface area contributed by atoms with Crippen LogP contribution in [0.3, 0.4) is 0 Å². The van der Waals surface area contributed by atoms with E-state index in [-0.39, 0.29) is 31.0 Å². The summed E-state index contributed by atoms with van der Waals surface area (Å²) >= 11 is 7.62. The van der Waals surface area contributed by atoms with Crippen molar-refractivity contribution in [3.05, 3.63) is 125 Å². The molecule has 0 fully saturated rings. The maximum absolute atomic E-state index is 14.5. The summed E-state index contributed by atoms with van der Waals surface area (Å²) in [5.74, 6) is 1.37. The normalized spacial score (nSPS) is 14.1. The summed E-state index contributed by atoms with van der Waals surface area (Å²) < 4.78 is 36.6. The molecule has 10 nitrogen and oxygen atoms in total. The Balaban J connectivity index is 1.67. The van der Waals surface area contributed by atoms with Gasteiger partial charge in [0, 0.05) is 28.8 Å². The van der Waals surface area contributed by atoms with Crippen LogP contribution in [0.25, 0.3) is 6.08 Å². The lowest BCUT2D eigenvalue weighted by Gasteiger charge is -2.27. The van der Waals surface area contributed by atoms with Crippen LogP contribution >= 0.6 is 22.9 Å². The molecule has 1 aliphatic rings. The first kappa shape index (κ1) is 37.4. The summed E-state index contributed by atoms with van der Waals surface area (Å²) in [5, 5.41) is 0.606. The van der Waals surface area contributed by atoms with Crippen LogP contribution in [0.5, 0.6) is 23.0 Å². The molecule has 0 saturated heterocycles. The topological polar surface area (TPSA) is 107 Å². The zero-order valence-corrected chi connectivity index (χ0v) is 30.9. The number of aromatic nitrogens is 1. The number of thiazole rings is 1. The number of nitrogens with zero attached hydrogens (tertiary/aromatic N) is 2. The predicted molar refractivity (Wildman–Crippen MR) is 198 cm³/mol. The number of hydrogen-bond donors (Lipinski definition) is 0. The molecule has 0 amide bonds. The van der Waals surface area contributed by atoms with Crippen molar-refractivity contribution in [3.63, 3.8) is 0 Å². The number of esters is 1. The maximum atomic E-state index is 14.5. The van der Waals surface area contributed by atoms with Crippen LogP contribution in [0, 0.1) is 0 Å². The number of carbonyl (C=O) groups excluding carboxylic acids is 1. The second kappa shape index (κ2) is 17.4. The first-order valence-electron chi connectivity index (χ1n) is 16.5. The second-order valence-corrected chi connectivity index (χ2v) is 12.8. The third-order valence-corrected chi connectivity index (χ3v) is 9.37. The lowest BCUT2D eigenvalue weighted by molar-refractivity contribution is -0.140. The molecule has 0 unspecified atom stereocenters. The number of halogens is 1. The van der Waals surface area contributed by atoms with Gasteiger partial charge in [0.1, 0.15) is 19.3 Å². The van der Waals surface area contributed by atoms with E-state index in [4.69, 9.17) is 45.0 Å². The van der Waals surface area contributed by atoms with Crippen molar-refractivity contribution < 1.29 is 33.2 Å². The van der Waals surface area contributed by atoms with E-state index < -0.39 is 12.0 Å². The van der Waals surface area contributed by atoms with Crippen molar-refractivity contribution in [2.75, 3.05) is 40.6 Å². The van der Waals surface area contributed by atoms with E-state index in [2.05, 4.69) is 6.58 Å². The molecule has 5 rings (SSSR count). The molecular formula is C39H41ClN2O8S. The lowest BCUT2D eigenvalue weighted by atomic mass is 9.94. The minimum atomic E-state index is -0.911. The van der Waals surface area contributed by atoms with Gasteiger partial charge in [-0.25, -0.2) is 9.79 Å². The molecule has 268 valence electrons. The Labute approximate surface area is 305 Å². The van der Waals surface area contributed by atoms with Crippen LogP contribution in [0.1, 0.15) is 49.1 Å². The SMILES string of the molecule is C=CCc1cc(/C=c2/sc3n(c2=O)[C@H](c2cccc(OC)c2OCC)C(C(=O)OCCOC)=C(C)N=3)cc(OCC)c1OCc1ccccc1Cl. The molecule has 2 heterocycles. The van der Waals surface area contributed by atoms with Crippen LogP contribution in [0.4, 0.5) is 0 Å². The van der Waals surface area contributed by atoms with Gasteiger partial charge in [-0.2, -0.15) is 0 Å². The molecule has 51 heavy (non-hydrogen) atoms. The maximum Gasteiger partial charge on any atom is 0.338 e. The molecule has 0 bridgehead atoms.